The van der Waals surface area contributed by atoms with Crippen molar-refractivity contribution in [2.45, 2.75) is 18.9 Å². The zero-order valence-corrected chi connectivity index (χ0v) is 13.4. The normalized spacial score (nSPS) is 19.6. The Hall–Kier alpha value is -2.79. The fourth-order valence-electron chi connectivity index (χ4n) is 3.17. The molecule has 1 aliphatic heterocycles. The molecule has 5 nitrogen and oxygen atoms in total. The van der Waals surface area contributed by atoms with Crippen LogP contribution in [0, 0.1) is 6.92 Å². The van der Waals surface area contributed by atoms with E-state index in [2.05, 4.69) is 4.99 Å². The fraction of sp³-hybridized carbons (Fsp3) is 0.211. The molecular weight excluding hydrogens is 300 g/mol. The number of nitrogens with zero attached hydrogens (tertiary/aromatic N) is 3. The number of anilines is 1. The van der Waals surface area contributed by atoms with Crippen LogP contribution in [0.1, 0.15) is 17.5 Å². The molecule has 0 radical (unpaired) electrons. The maximum Gasteiger partial charge on any atom is 0.106 e. The number of benzene rings is 2. The van der Waals surface area contributed by atoms with E-state index in [0.717, 1.165) is 33.2 Å². The Kier molecular flexibility index (Phi) is 3.32. The second kappa shape index (κ2) is 5.39. The minimum atomic E-state index is -0.508. The van der Waals surface area contributed by atoms with Crippen molar-refractivity contribution in [2.75, 3.05) is 12.3 Å². The van der Waals surface area contributed by atoms with Crippen LogP contribution < -0.4 is 5.73 Å². The SMILES string of the molecule is Cc1cc2nc3ccc(C4(CCO)C=CC=N4)cc3nc2cc1N. The molecule has 1 atom stereocenters. The van der Waals surface area contributed by atoms with E-state index in [1.807, 2.05) is 49.4 Å². The lowest BCUT2D eigenvalue weighted by atomic mass is 9.88. The first-order valence-corrected chi connectivity index (χ1v) is 7.93. The molecule has 0 aliphatic carbocycles. The minimum Gasteiger partial charge on any atom is -0.398 e. The Morgan fingerprint density at radius 2 is 1.79 bits per heavy atom. The van der Waals surface area contributed by atoms with Crippen LogP contribution in [0.15, 0.2) is 47.5 Å². The second-order valence-electron chi connectivity index (χ2n) is 6.16. The molecular formula is C19H18N4O. The van der Waals surface area contributed by atoms with Crippen LogP contribution in [0.5, 0.6) is 0 Å². The Balaban J connectivity index is 1.91. The summed E-state index contributed by atoms with van der Waals surface area (Å²) in [5.74, 6) is 0. The predicted octanol–water partition coefficient (Wildman–Crippen LogP) is 2.89. The van der Waals surface area contributed by atoms with Gasteiger partial charge in [0.2, 0.25) is 0 Å². The number of nitrogens with two attached hydrogens (primary N) is 1. The number of hydrogen-bond donors (Lipinski definition) is 2. The van der Waals surface area contributed by atoms with Crippen LogP contribution >= 0.6 is 0 Å². The van der Waals surface area contributed by atoms with Crippen molar-refractivity contribution in [1.29, 1.82) is 0 Å². The van der Waals surface area contributed by atoms with E-state index < -0.39 is 5.54 Å². The number of aliphatic hydroxyl groups excluding tert-OH is 1. The molecule has 1 aliphatic rings. The number of rotatable bonds is 3. The minimum absolute atomic E-state index is 0.0684. The van der Waals surface area contributed by atoms with Gasteiger partial charge in [0.15, 0.2) is 0 Å². The van der Waals surface area contributed by atoms with E-state index in [1.165, 1.54) is 0 Å². The molecule has 0 bridgehead atoms. The van der Waals surface area contributed by atoms with Gasteiger partial charge in [-0.2, -0.15) is 0 Å². The van der Waals surface area contributed by atoms with Crippen LogP contribution in [0.3, 0.4) is 0 Å². The molecule has 2 aromatic carbocycles. The summed E-state index contributed by atoms with van der Waals surface area (Å²) >= 11 is 0. The third-order valence-electron chi connectivity index (χ3n) is 4.58. The standard InChI is InChI=1S/C19H18N4O/c1-12-9-16-18(11-14(12)20)23-17-10-13(3-4-15(17)22-16)19(6-8-24)5-2-7-21-19/h2-5,7,9-11,24H,6,8,20H2,1H3. The van der Waals surface area contributed by atoms with E-state index in [9.17, 15) is 5.11 Å². The zero-order chi connectivity index (χ0) is 16.7. The Bertz CT molecular complexity index is 995. The molecule has 2 heterocycles. The fourth-order valence-corrected chi connectivity index (χ4v) is 3.17. The van der Waals surface area contributed by atoms with E-state index >= 15 is 0 Å². The third-order valence-corrected chi connectivity index (χ3v) is 4.58. The van der Waals surface area contributed by atoms with Crippen molar-refractivity contribution in [3.05, 3.63) is 53.6 Å². The van der Waals surface area contributed by atoms with Gasteiger partial charge in [-0.25, -0.2) is 9.97 Å². The Morgan fingerprint density at radius 3 is 2.54 bits per heavy atom. The summed E-state index contributed by atoms with van der Waals surface area (Å²) in [5.41, 5.74) is 11.5. The first-order chi connectivity index (χ1) is 11.6. The average Bonchev–Trinajstić information content (AvgIpc) is 3.04. The van der Waals surface area contributed by atoms with Crippen molar-refractivity contribution in [3.8, 4) is 0 Å². The van der Waals surface area contributed by atoms with E-state index in [-0.39, 0.29) is 6.61 Å². The summed E-state index contributed by atoms with van der Waals surface area (Å²) in [6, 6.07) is 9.79. The number of fused-ring (bicyclic) bond motifs is 2. The largest absolute Gasteiger partial charge is 0.398 e. The van der Waals surface area contributed by atoms with Gasteiger partial charge in [-0.05, 0) is 48.4 Å². The van der Waals surface area contributed by atoms with Crippen molar-refractivity contribution in [3.63, 3.8) is 0 Å². The molecule has 3 N–H and O–H groups in total. The van der Waals surface area contributed by atoms with E-state index in [4.69, 9.17) is 15.7 Å². The van der Waals surface area contributed by atoms with Crippen LogP contribution in [-0.4, -0.2) is 27.9 Å². The molecule has 3 aromatic rings. The van der Waals surface area contributed by atoms with Gasteiger partial charge in [0.25, 0.3) is 0 Å². The smallest absolute Gasteiger partial charge is 0.106 e. The van der Waals surface area contributed by atoms with Gasteiger partial charge in [-0.1, -0.05) is 12.1 Å². The molecule has 0 spiro atoms. The third kappa shape index (κ3) is 2.25. The maximum absolute atomic E-state index is 9.41. The Morgan fingerprint density at radius 1 is 1.04 bits per heavy atom. The molecule has 24 heavy (non-hydrogen) atoms. The molecule has 0 fully saturated rings. The van der Waals surface area contributed by atoms with Gasteiger partial charge in [0.05, 0.1) is 22.1 Å². The zero-order valence-electron chi connectivity index (χ0n) is 13.4. The number of nitrogen functional groups attached to an aromatic ring is 1. The maximum atomic E-state index is 9.41. The Labute approximate surface area is 139 Å². The van der Waals surface area contributed by atoms with E-state index in [0.29, 0.717) is 12.1 Å². The van der Waals surface area contributed by atoms with Crippen molar-refractivity contribution >= 4 is 34.0 Å². The number of hydrogen-bond acceptors (Lipinski definition) is 5. The second-order valence-corrected chi connectivity index (χ2v) is 6.16. The first kappa shape index (κ1) is 14.8. The molecule has 0 amide bonds. The highest BCUT2D eigenvalue weighted by atomic mass is 16.3. The number of aryl methyl sites for hydroxylation is 1. The highest BCUT2D eigenvalue weighted by molar-refractivity contribution is 5.89. The monoisotopic (exact) mass is 318 g/mol. The average molecular weight is 318 g/mol. The van der Waals surface area contributed by atoms with Gasteiger partial charge < -0.3 is 10.8 Å². The van der Waals surface area contributed by atoms with Gasteiger partial charge in [-0.3, -0.25) is 4.99 Å². The number of allylic oxidation sites excluding steroid dienone is 1. The lowest BCUT2D eigenvalue weighted by molar-refractivity contribution is 0.260. The summed E-state index contributed by atoms with van der Waals surface area (Å²) in [5, 5.41) is 9.41. The molecule has 1 aromatic heterocycles. The van der Waals surface area contributed by atoms with Gasteiger partial charge in [0.1, 0.15) is 5.54 Å². The van der Waals surface area contributed by atoms with Crippen LogP contribution in [0.4, 0.5) is 5.69 Å². The van der Waals surface area contributed by atoms with Crippen LogP contribution in [-0.2, 0) is 5.54 Å². The summed E-state index contributed by atoms with van der Waals surface area (Å²) in [7, 11) is 0. The van der Waals surface area contributed by atoms with Gasteiger partial charge in [0, 0.05) is 24.9 Å². The van der Waals surface area contributed by atoms with Gasteiger partial charge in [-0.15, -0.1) is 0 Å². The van der Waals surface area contributed by atoms with Crippen molar-refractivity contribution in [1.82, 2.24) is 9.97 Å². The number of aliphatic imine (C=N–C) groups is 1. The quantitative estimate of drug-likeness (QED) is 0.574. The molecule has 0 saturated heterocycles. The summed E-state index contributed by atoms with van der Waals surface area (Å²) in [6.07, 6.45) is 6.24. The number of aliphatic hydroxyl groups is 1. The predicted molar refractivity (Wildman–Crippen MR) is 97.2 cm³/mol. The lowest BCUT2D eigenvalue weighted by Gasteiger charge is -2.24. The van der Waals surface area contributed by atoms with Gasteiger partial charge >= 0.3 is 0 Å². The van der Waals surface area contributed by atoms with Crippen LogP contribution in [0.2, 0.25) is 0 Å². The highest BCUT2D eigenvalue weighted by Gasteiger charge is 2.30. The molecule has 120 valence electrons. The highest BCUT2D eigenvalue weighted by Crippen LogP contribution is 2.35. The lowest BCUT2D eigenvalue weighted by Crippen LogP contribution is -2.20. The van der Waals surface area contributed by atoms with Crippen LogP contribution in [0.25, 0.3) is 22.1 Å². The topological polar surface area (TPSA) is 84.4 Å². The summed E-state index contributed by atoms with van der Waals surface area (Å²) < 4.78 is 0. The molecule has 5 heteroatoms. The summed E-state index contributed by atoms with van der Waals surface area (Å²) in [6.45, 7) is 2.03. The number of aromatic nitrogens is 2. The molecule has 0 saturated carbocycles. The van der Waals surface area contributed by atoms with E-state index in [1.54, 1.807) is 6.21 Å². The van der Waals surface area contributed by atoms with Crippen molar-refractivity contribution < 1.29 is 5.11 Å². The summed E-state index contributed by atoms with van der Waals surface area (Å²) in [4.78, 5) is 14.0. The molecule has 1 unspecified atom stereocenters. The first-order valence-electron chi connectivity index (χ1n) is 7.93. The van der Waals surface area contributed by atoms with Crippen molar-refractivity contribution in [2.24, 2.45) is 4.99 Å². The molecule has 4 rings (SSSR count).